The molecule has 2 N–H and O–H groups in total. The molecular formula is C17H28N2O2S. The van der Waals surface area contributed by atoms with Crippen LogP contribution in [0.25, 0.3) is 0 Å². The van der Waals surface area contributed by atoms with Crippen LogP contribution in [0.4, 0.5) is 0 Å². The molecule has 2 unspecified atom stereocenters. The van der Waals surface area contributed by atoms with Gasteiger partial charge < -0.3 is 10.4 Å². The summed E-state index contributed by atoms with van der Waals surface area (Å²) in [6.07, 6.45) is 2.13. The first kappa shape index (κ1) is 17.4. The van der Waals surface area contributed by atoms with Gasteiger partial charge in [0.05, 0.1) is 12.6 Å². The summed E-state index contributed by atoms with van der Waals surface area (Å²) in [4.78, 5) is 15.8. The highest BCUT2D eigenvalue weighted by Crippen LogP contribution is 2.35. The van der Waals surface area contributed by atoms with Crippen molar-refractivity contribution in [3.63, 3.8) is 0 Å². The molecule has 2 atom stereocenters. The minimum absolute atomic E-state index is 0.0178. The van der Waals surface area contributed by atoms with Crippen LogP contribution in [0.2, 0.25) is 0 Å². The molecule has 1 amide bonds. The van der Waals surface area contributed by atoms with Crippen molar-refractivity contribution in [2.24, 2.45) is 11.3 Å². The summed E-state index contributed by atoms with van der Waals surface area (Å²) in [7, 11) is 0. The van der Waals surface area contributed by atoms with Gasteiger partial charge in [-0.05, 0) is 42.2 Å². The molecule has 4 nitrogen and oxygen atoms in total. The number of likely N-dealkylation sites (tertiary alicyclic amines) is 1. The van der Waals surface area contributed by atoms with Gasteiger partial charge >= 0.3 is 0 Å². The van der Waals surface area contributed by atoms with E-state index in [1.807, 2.05) is 6.07 Å². The highest BCUT2D eigenvalue weighted by molar-refractivity contribution is 7.10. The summed E-state index contributed by atoms with van der Waals surface area (Å²) in [6, 6.07) is 4.16. The Morgan fingerprint density at radius 1 is 1.55 bits per heavy atom. The molecule has 0 spiro atoms. The SMILES string of the molecule is CC(C)(C)C(NC(=O)CN1CCCC(CO)C1)c1cccs1. The molecule has 0 aromatic carbocycles. The minimum atomic E-state index is -0.0178. The van der Waals surface area contributed by atoms with E-state index in [2.05, 4.69) is 42.4 Å². The van der Waals surface area contributed by atoms with E-state index in [9.17, 15) is 9.90 Å². The fraction of sp³-hybridized carbons (Fsp3) is 0.706. The van der Waals surface area contributed by atoms with Crippen molar-refractivity contribution < 1.29 is 9.90 Å². The molecule has 1 aromatic heterocycles. The average Bonchev–Trinajstić information content (AvgIpc) is 2.97. The molecule has 1 fully saturated rings. The van der Waals surface area contributed by atoms with Crippen LogP contribution in [0.3, 0.4) is 0 Å². The molecule has 22 heavy (non-hydrogen) atoms. The predicted octanol–water partition coefficient (Wildman–Crippen LogP) is 2.66. The molecule has 2 rings (SSSR count). The Morgan fingerprint density at radius 2 is 2.32 bits per heavy atom. The van der Waals surface area contributed by atoms with Crippen LogP contribution in [0.15, 0.2) is 17.5 Å². The monoisotopic (exact) mass is 324 g/mol. The number of carbonyl (C=O) groups excluding carboxylic acids is 1. The van der Waals surface area contributed by atoms with Gasteiger partial charge in [-0.25, -0.2) is 0 Å². The average molecular weight is 324 g/mol. The molecule has 0 saturated carbocycles. The molecule has 0 radical (unpaired) electrons. The van der Waals surface area contributed by atoms with E-state index in [4.69, 9.17) is 0 Å². The number of amides is 1. The normalized spacial score (nSPS) is 21.5. The number of piperidine rings is 1. The maximum Gasteiger partial charge on any atom is 0.234 e. The second kappa shape index (κ2) is 7.57. The third-order valence-corrected chi connectivity index (χ3v) is 5.16. The summed E-state index contributed by atoms with van der Waals surface area (Å²) < 4.78 is 0. The highest BCUT2D eigenvalue weighted by atomic mass is 32.1. The van der Waals surface area contributed by atoms with Crippen molar-refractivity contribution in [1.29, 1.82) is 0 Å². The van der Waals surface area contributed by atoms with Crippen molar-refractivity contribution >= 4 is 17.2 Å². The van der Waals surface area contributed by atoms with Gasteiger partial charge in [0.15, 0.2) is 0 Å². The number of aliphatic hydroxyl groups excluding tert-OH is 1. The van der Waals surface area contributed by atoms with Gasteiger partial charge in [-0.1, -0.05) is 26.8 Å². The third-order valence-electron chi connectivity index (χ3n) is 4.23. The highest BCUT2D eigenvalue weighted by Gasteiger charge is 2.29. The van der Waals surface area contributed by atoms with E-state index < -0.39 is 0 Å². The van der Waals surface area contributed by atoms with Crippen LogP contribution in [-0.2, 0) is 4.79 Å². The molecule has 1 aromatic rings. The minimum Gasteiger partial charge on any atom is -0.396 e. The van der Waals surface area contributed by atoms with Crippen LogP contribution >= 0.6 is 11.3 Å². The molecule has 0 aliphatic carbocycles. The van der Waals surface area contributed by atoms with Gasteiger partial charge in [0.25, 0.3) is 0 Å². The van der Waals surface area contributed by atoms with Crippen molar-refractivity contribution in [3.05, 3.63) is 22.4 Å². The fourth-order valence-corrected chi connectivity index (χ4v) is 4.04. The number of thiophene rings is 1. The van der Waals surface area contributed by atoms with Gasteiger partial charge in [-0.15, -0.1) is 11.3 Å². The van der Waals surface area contributed by atoms with Crippen molar-refractivity contribution in [2.75, 3.05) is 26.2 Å². The van der Waals surface area contributed by atoms with Crippen LogP contribution in [-0.4, -0.2) is 42.2 Å². The zero-order valence-electron chi connectivity index (χ0n) is 13.8. The zero-order valence-corrected chi connectivity index (χ0v) is 14.7. The number of carbonyl (C=O) groups is 1. The Morgan fingerprint density at radius 3 is 2.91 bits per heavy atom. The van der Waals surface area contributed by atoms with E-state index in [0.717, 1.165) is 25.9 Å². The lowest BCUT2D eigenvalue weighted by atomic mass is 9.85. The summed E-state index contributed by atoms with van der Waals surface area (Å²) >= 11 is 1.69. The topological polar surface area (TPSA) is 52.6 Å². The largest absolute Gasteiger partial charge is 0.396 e. The Hall–Kier alpha value is -0.910. The second-order valence-electron chi connectivity index (χ2n) is 7.31. The molecule has 0 bridgehead atoms. The Labute approximate surface area is 137 Å². The van der Waals surface area contributed by atoms with E-state index >= 15 is 0 Å². The van der Waals surface area contributed by atoms with Crippen molar-refractivity contribution in [3.8, 4) is 0 Å². The predicted molar refractivity (Wildman–Crippen MR) is 90.9 cm³/mol. The van der Waals surface area contributed by atoms with E-state index in [1.54, 1.807) is 11.3 Å². The second-order valence-corrected chi connectivity index (χ2v) is 8.29. The van der Waals surface area contributed by atoms with Gasteiger partial charge in [0.1, 0.15) is 0 Å². The maximum atomic E-state index is 12.4. The lowest BCUT2D eigenvalue weighted by Gasteiger charge is -2.34. The number of hydrogen-bond donors (Lipinski definition) is 2. The quantitative estimate of drug-likeness (QED) is 0.875. The smallest absolute Gasteiger partial charge is 0.234 e. The molecule has 2 heterocycles. The van der Waals surface area contributed by atoms with Crippen LogP contribution in [0.1, 0.15) is 44.5 Å². The van der Waals surface area contributed by atoms with E-state index in [0.29, 0.717) is 12.5 Å². The maximum absolute atomic E-state index is 12.4. The van der Waals surface area contributed by atoms with Crippen LogP contribution in [0.5, 0.6) is 0 Å². The fourth-order valence-electron chi connectivity index (χ4n) is 3.02. The standard InChI is InChI=1S/C17H28N2O2S/c1-17(2,3)16(14-7-5-9-22-14)18-15(21)11-19-8-4-6-13(10-19)12-20/h5,7,9,13,16,20H,4,6,8,10-12H2,1-3H3,(H,18,21). The Balaban J connectivity index is 1.94. The summed E-state index contributed by atoms with van der Waals surface area (Å²) in [5.74, 6) is 0.393. The molecule has 1 saturated heterocycles. The molecule has 5 heteroatoms. The first-order valence-corrected chi connectivity index (χ1v) is 8.94. The number of nitrogens with one attached hydrogen (secondary N) is 1. The van der Waals surface area contributed by atoms with Crippen molar-refractivity contribution in [2.45, 2.75) is 39.7 Å². The van der Waals surface area contributed by atoms with Gasteiger partial charge in [0.2, 0.25) is 5.91 Å². The van der Waals surface area contributed by atoms with Gasteiger partial charge in [-0.2, -0.15) is 0 Å². The molecule has 1 aliphatic rings. The Kier molecular flexibility index (Phi) is 6.01. The lowest BCUT2D eigenvalue weighted by Crippen LogP contribution is -2.45. The summed E-state index contributed by atoms with van der Waals surface area (Å²) in [6.45, 7) is 8.87. The molecular weight excluding hydrogens is 296 g/mol. The number of hydrogen-bond acceptors (Lipinski definition) is 4. The summed E-state index contributed by atoms with van der Waals surface area (Å²) in [5, 5.41) is 14.6. The lowest BCUT2D eigenvalue weighted by molar-refractivity contribution is -0.124. The van der Waals surface area contributed by atoms with Crippen LogP contribution < -0.4 is 5.32 Å². The molecule has 1 aliphatic heterocycles. The first-order valence-electron chi connectivity index (χ1n) is 8.06. The Bertz CT molecular complexity index is 468. The van der Waals surface area contributed by atoms with E-state index in [-0.39, 0.29) is 24.0 Å². The van der Waals surface area contributed by atoms with Crippen molar-refractivity contribution in [1.82, 2.24) is 10.2 Å². The van der Waals surface area contributed by atoms with E-state index in [1.165, 1.54) is 4.88 Å². The summed E-state index contributed by atoms with van der Waals surface area (Å²) in [5.41, 5.74) is -0.0178. The van der Waals surface area contributed by atoms with Crippen LogP contribution in [0, 0.1) is 11.3 Å². The third kappa shape index (κ3) is 4.80. The zero-order chi connectivity index (χ0) is 16.2. The first-order chi connectivity index (χ1) is 10.4. The number of nitrogens with zero attached hydrogens (tertiary/aromatic N) is 1. The number of aliphatic hydroxyl groups is 1. The molecule has 124 valence electrons. The van der Waals surface area contributed by atoms with Gasteiger partial charge in [-0.3, -0.25) is 9.69 Å². The van der Waals surface area contributed by atoms with Gasteiger partial charge in [0, 0.05) is 18.0 Å². The number of rotatable bonds is 5.